The van der Waals surface area contributed by atoms with Crippen LogP contribution in [0.4, 0.5) is 0 Å². The number of benzene rings is 2. The first-order chi connectivity index (χ1) is 14.7. The number of ether oxygens (including phenoxy) is 3. The lowest BCUT2D eigenvalue weighted by atomic mass is 10.1. The third kappa shape index (κ3) is 6.02. The summed E-state index contributed by atoms with van der Waals surface area (Å²) in [4.78, 5) is 12.2. The topological polar surface area (TPSA) is 82.6 Å². The number of rotatable bonds is 10. The molecular formula is C23H25N3O4. The molecule has 0 aliphatic carbocycles. The van der Waals surface area contributed by atoms with E-state index in [2.05, 4.69) is 15.5 Å². The molecule has 30 heavy (non-hydrogen) atoms. The monoisotopic (exact) mass is 407 g/mol. The van der Waals surface area contributed by atoms with Crippen molar-refractivity contribution in [2.75, 3.05) is 26.9 Å². The van der Waals surface area contributed by atoms with E-state index >= 15 is 0 Å². The standard InChI is InChI=1S/C23H25N3O4/c1-3-29-15-5-14-24-23(27)18-10-8-17(9-11-18)21-12-13-22(26-25-21)30-20-7-4-6-19(16-20)28-2/h4,6-13,16H,3,5,14-15H2,1-2H3,(H,24,27). The first-order valence-corrected chi connectivity index (χ1v) is 9.81. The second kappa shape index (κ2) is 10.9. The van der Waals surface area contributed by atoms with Crippen molar-refractivity contribution in [2.24, 2.45) is 0 Å². The highest BCUT2D eigenvalue weighted by Gasteiger charge is 2.07. The Morgan fingerprint density at radius 3 is 2.50 bits per heavy atom. The number of carbonyl (C=O) groups excluding carboxylic acids is 1. The summed E-state index contributed by atoms with van der Waals surface area (Å²) in [5.74, 6) is 1.60. The molecule has 0 saturated heterocycles. The molecule has 1 heterocycles. The Balaban J connectivity index is 1.57. The van der Waals surface area contributed by atoms with Gasteiger partial charge >= 0.3 is 0 Å². The molecule has 0 radical (unpaired) electrons. The summed E-state index contributed by atoms with van der Waals surface area (Å²) in [7, 11) is 1.60. The van der Waals surface area contributed by atoms with Crippen LogP contribution in [0.25, 0.3) is 11.3 Å². The fourth-order valence-electron chi connectivity index (χ4n) is 2.73. The largest absolute Gasteiger partial charge is 0.497 e. The summed E-state index contributed by atoms with van der Waals surface area (Å²) < 4.78 is 16.2. The van der Waals surface area contributed by atoms with Crippen molar-refractivity contribution in [3.63, 3.8) is 0 Å². The van der Waals surface area contributed by atoms with Gasteiger partial charge in [-0.05, 0) is 43.7 Å². The zero-order valence-electron chi connectivity index (χ0n) is 17.1. The second-order valence-corrected chi connectivity index (χ2v) is 6.42. The van der Waals surface area contributed by atoms with Crippen LogP contribution < -0.4 is 14.8 Å². The molecule has 0 unspecified atom stereocenters. The SMILES string of the molecule is CCOCCCNC(=O)c1ccc(-c2ccc(Oc3cccc(OC)c3)nn2)cc1. The van der Waals surface area contributed by atoms with Gasteiger partial charge in [0.2, 0.25) is 5.88 Å². The van der Waals surface area contributed by atoms with Crippen molar-refractivity contribution in [1.29, 1.82) is 0 Å². The van der Waals surface area contributed by atoms with E-state index in [9.17, 15) is 4.79 Å². The smallest absolute Gasteiger partial charge is 0.251 e. The Morgan fingerprint density at radius 2 is 1.80 bits per heavy atom. The van der Waals surface area contributed by atoms with Crippen molar-refractivity contribution < 1.29 is 19.0 Å². The molecule has 0 bridgehead atoms. The molecule has 7 nitrogen and oxygen atoms in total. The molecule has 3 aromatic rings. The van der Waals surface area contributed by atoms with Crippen molar-refractivity contribution in [2.45, 2.75) is 13.3 Å². The van der Waals surface area contributed by atoms with Crippen molar-refractivity contribution in [1.82, 2.24) is 15.5 Å². The first kappa shape index (κ1) is 21.3. The molecule has 0 atom stereocenters. The number of methoxy groups -OCH3 is 1. The Labute approximate surface area is 176 Å². The van der Waals surface area contributed by atoms with Gasteiger partial charge < -0.3 is 19.5 Å². The number of nitrogens with zero attached hydrogens (tertiary/aromatic N) is 2. The summed E-state index contributed by atoms with van der Waals surface area (Å²) in [6, 6.07) is 18.1. The predicted molar refractivity (Wildman–Crippen MR) is 114 cm³/mol. The first-order valence-electron chi connectivity index (χ1n) is 9.81. The maximum Gasteiger partial charge on any atom is 0.251 e. The van der Waals surface area contributed by atoms with Crippen LogP contribution in [0.5, 0.6) is 17.4 Å². The van der Waals surface area contributed by atoms with E-state index in [-0.39, 0.29) is 5.91 Å². The van der Waals surface area contributed by atoms with Crippen LogP contribution in [0, 0.1) is 0 Å². The summed E-state index contributed by atoms with van der Waals surface area (Å²) in [5, 5.41) is 11.2. The van der Waals surface area contributed by atoms with E-state index in [0.717, 1.165) is 12.0 Å². The fourth-order valence-corrected chi connectivity index (χ4v) is 2.73. The van der Waals surface area contributed by atoms with Crippen molar-refractivity contribution >= 4 is 5.91 Å². The third-order valence-electron chi connectivity index (χ3n) is 4.30. The highest BCUT2D eigenvalue weighted by molar-refractivity contribution is 5.94. The molecule has 0 aliphatic rings. The third-order valence-corrected chi connectivity index (χ3v) is 4.30. The summed E-state index contributed by atoms with van der Waals surface area (Å²) >= 11 is 0. The molecule has 1 N–H and O–H groups in total. The highest BCUT2D eigenvalue weighted by Crippen LogP contribution is 2.25. The fraction of sp³-hybridized carbons (Fsp3) is 0.261. The van der Waals surface area contributed by atoms with Crippen molar-refractivity contribution in [3.05, 3.63) is 66.2 Å². The van der Waals surface area contributed by atoms with E-state index in [0.29, 0.717) is 48.4 Å². The molecule has 0 spiro atoms. The number of hydrogen-bond acceptors (Lipinski definition) is 6. The quantitative estimate of drug-likeness (QED) is 0.510. The Hall–Kier alpha value is -3.45. The van der Waals surface area contributed by atoms with Gasteiger partial charge in [-0.1, -0.05) is 18.2 Å². The van der Waals surface area contributed by atoms with Crippen LogP contribution in [0.3, 0.4) is 0 Å². The highest BCUT2D eigenvalue weighted by atomic mass is 16.5. The van der Waals surface area contributed by atoms with E-state index in [4.69, 9.17) is 14.2 Å². The molecule has 0 fully saturated rings. The van der Waals surface area contributed by atoms with Crippen LogP contribution in [-0.2, 0) is 4.74 Å². The lowest BCUT2D eigenvalue weighted by molar-refractivity contribution is 0.0944. The van der Waals surface area contributed by atoms with Crippen LogP contribution >= 0.6 is 0 Å². The molecule has 1 aromatic heterocycles. The summed E-state index contributed by atoms with van der Waals surface area (Å²) in [6.45, 7) is 3.87. The molecule has 7 heteroatoms. The zero-order valence-corrected chi connectivity index (χ0v) is 17.1. The Morgan fingerprint density at radius 1 is 1.00 bits per heavy atom. The van der Waals surface area contributed by atoms with E-state index in [1.807, 2.05) is 43.3 Å². The van der Waals surface area contributed by atoms with Gasteiger partial charge in [0.15, 0.2) is 0 Å². The number of carbonyl (C=O) groups is 1. The normalized spacial score (nSPS) is 10.5. The van der Waals surface area contributed by atoms with E-state index < -0.39 is 0 Å². The maximum absolute atomic E-state index is 12.2. The van der Waals surface area contributed by atoms with Gasteiger partial charge in [-0.25, -0.2) is 0 Å². The summed E-state index contributed by atoms with van der Waals surface area (Å²) in [6.07, 6.45) is 0.789. The van der Waals surface area contributed by atoms with E-state index in [1.165, 1.54) is 0 Å². The minimum absolute atomic E-state index is 0.105. The molecule has 0 saturated carbocycles. The average molecular weight is 407 g/mol. The molecule has 1 amide bonds. The van der Waals surface area contributed by atoms with Gasteiger partial charge in [0.25, 0.3) is 5.91 Å². The van der Waals surface area contributed by atoms with Crippen LogP contribution in [0.15, 0.2) is 60.7 Å². The second-order valence-electron chi connectivity index (χ2n) is 6.42. The van der Waals surface area contributed by atoms with Gasteiger partial charge in [-0.15, -0.1) is 10.2 Å². The lowest BCUT2D eigenvalue weighted by Gasteiger charge is -2.07. The molecule has 0 aliphatic heterocycles. The van der Waals surface area contributed by atoms with Crippen molar-refractivity contribution in [3.8, 4) is 28.6 Å². The number of hydrogen-bond donors (Lipinski definition) is 1. The van der Waals surface area contributed by atoms with Gasteiger partial charge in [-0.2, -0.15) is 0 Å². The number of nitrogens with one attached hydrogen (secondary N) is 1. The zero-order chi connectivity index (χ0) is 21.2. The Bertz CT molecular complexity index is 943. The van der Waals surface area contributed by atoms with Crippen LogP contribution in [-0.4, -0.2) is 43.0 Å². The maximum atomic E-state index is 12.2. The lowest BCUT2D eigenvalue weighted by Crippen LogP contribution is -2.25. The molecular weight excluding hydrogens is 382 g/mol. The summed E-state index contributed by atoms with van der Waals surface area (Å²) in [5.41, 5.74) is 2.15. The van der Waals surface area contributed by atoms with Gasteiger partial charge in [0.05, 0.1) is 12.8 Å². The van der Waals surface area contributed by atoms with E-state index in [1.54, 1.807) is 31.4 Å². The van der Waals surface area contributed by atoms with Gasteiger partial charge in [0, 0.05) is 43.0 Å². The van der Waals surface area contributed by atoms with Gasteiger partial charge in [-0.3, -0.25) is 4.79 Å². The number of aromatic nitrogens is 2. The Kier molecular flexibility index (Phi) is 7.74. The predicted octanol–water partition coefficient (Wildman–Crippen LogP) is 4.10. The average Bonchev–Trinajstić information content (AvgIpc) is 2.79. The number of amides is 1. The van der Waals surface area contributed by atoms with Crippen LogP contribution in [0.2, 0.25) is 0 Å². The van der Waals surface area contributed by atoms with Crippen LogP contribution in [0.1, 0.15) is 23.7 Å². The van der Waals surface area contributed by atoms with Gasteiger partial charge in [0.1, 0.15) is 11.5 Å². The molecule has 156 valence electrons. The molecule has 3 rings (SSSR count). The minimum Gasteiger partial charge on any atom is -0.497 e. The minimum atomic E-state index is -0.105. The molecule has 2 aromatic carbocycles.